The van der Waals surface area contributed by atoms with Crippen molar-refractivity contribution in [1.29, 1.82) is 0 Å². The first-order valence-corrected chi connectivity index (χ1v) is 8.90. The Labute approximate surface area is 141 Å². The number of nitrogens with zero attached hydrogens (tertiary/aromatic N) is 1. The molecule has 0 bridgehead atoms. The minimum atomic E-state index is -2.74. The van der Waals surface area contributed by atoms with Gasteiger partial charge in [0.15, 0.2) is 5.75 Å². The first-order chi connectivity index (χ1) is 11.5. The Morgan fingerprint density at radius 2 is 1.72 bits per heavy atom. The summed E-state index contributed by atoms with van der Waals surface area (Å²) in [4.78, 5) is 10.7. The van der Waals surface area contributed by atoms with Crippen LogP contribution in [0.4, 0.5) is 5.69 Å². The predicted molar refractivity (Wildman–Crippen MR) is 86.9 cm³/mol. The van der Waals surface area contributed by atoms with E-state index in [-0.39, 0.29) is 24.7 Å². The molecule has 0 aromatic heterocycles. The van der Waals surface area contributed by atoms with Crippen molar-refractivity contribution in [3.8, 4) is 11.5 Å². The average Bonchev–Trinajstić information content (AvgIpc) is 2.61. The third-order valence-electron chi connectivity index (χ3n) is 3.46. The van der Waals surface area contributed by atoms with E-state index in [1.54, 1.807) is 0 Å². The molecule has 1 aromatic carbocycles. The van der Waals surface area contributed by atoms with Gasteiger partial charge >= 0.3 is 8.80 Å². The van der Waals surface area contributed by atoms with Gasteiger partial charge in [-0.3, -0.25) is 10.1 Å². The second-order valence-electron chi connectivity index (χ2n) is 4.63. The second kappa shape index (κ2) is 10.2. The number of ether oxygens (including phenoxy) is 3. The van der Waals surface area contributed by atoms with Crippen LogP contribution in [0.3, 0.4) is 0 Å². The molecule has 0 saturated heterocycles. The maximum atomic E-state index is 11.2. The van der Waals surface area contributed by atoms with E-state index in [2.05, 4.69) is 7.11 Å². The van der Waals surface area contributed by atoms with Crippen LogP contribution >= 0.6 is 0 Å². The van der Waals surface area contributed by atoms with E-state index in [0.717, 1.165) is 0 Å². The molecule has 138 valence electrons. The maximum Gasteiger partial charge on any atom is 0.502 e. The zero-order valence-corrected chi connectivity index (χ0v) is 22.3. The van der Waals surface area contributed by atoms with Crippen molar-refractivity contribution < 1.29 is 32.4 Å². The minimum absolute atomic E-state index is 0. The van der Waals surface area contributed by atoms with Crippen LogP contribution in [-0.4, -0.2) is 48.8 Å². The molecule has 1 rings (SSSR count). The van der Waals surface area contributed by atoms with Crippen molar-refractivity contribution in [2.75, 3.05) is 35.0 Å². The van der Waals surface area contributed by atoms with Gasteiger partial charge in [0.2, 0.25) is 0 Å². The fraction of sp³-hybridized carbons (Fsp3) is 0.500. The van der Waals surface area contributed by atoms with Crippen LogP contribution < -0.4 is 9.47 Å². The third-order valence-corrected chi connectivity index (χ3v) is 6.14. The molecule has 0 N–H and O–H groups in total. The van der Waals surface area contributed by atoms with Gasteiger partial charge in [-0.2, -0.15) is 7.11 Å². The fourth-order valence-corrected chi connectivity index (χ4v) is 3.59. The standard InChI is InChI=1S/C14H22NO8Si.Rf/c1-18-13-8-11(12(15(16)17)9-14(13)19-2)10-23-6-7-24(20-3,21-4)22-5;/h8-9H,2,6-7,10H2,1,3-5H3;/q-1;. The van der Waals surface area contributed by atoms with Crippen molar-refractivity contribution in [2.24, 2.45) is 0 Å². The van der Waals surface area contributed by atoms with Crippen LogP contribution in [0.25, 0.3) is 0 Å². The fourth-order valence-electron chi connectivity index (χ4n) is 2.08. The summed E-state index contributed by atoms with van der Waals surface area (Å²) in [5, 5.41) is 11.2. The molecule has 0 amide bonds. The summed E-state index contributed by atoms with van der Waals surface area (Å²) in [7, 11) is 6.47. The summed E-state index contributed by atoms with van der Waals surface area (Å²) in [5.41, 5.74) is 0.223. The van der Waals surface area contributed by atoms with E-state index >= 15 is 0 Å². The third kappa shape index (κ3) is 5.40. The van der Waals surface area contributed by atoms with Crippen LogP contribution in [0, 0.1) is 17.2 Å². The molecule has 11 heteroatoms. The minimum Gasteiger partial charge on any atom is -0.663 e. The molecule has 0 heterocycles. The Balaban J connectivity index is 0.00000576. The van der Waals surface area contributed by atoms with Crippen molar-refractivity contribution in [3.63, 3.8) is 0 Å². The number of rotatable bonds is 11. The molecule has 0 aliphatic carbocycles. The van der Waals surface area contributed by atoms with Gasteiger partial charge in [0.25, 0.3) is 5.69 Å². The summed E-state index contributed by atoms with van der Waals surface area (Å²) < 4.78 is 31.3. The number of hydrogen-bond donors (Lipinski definition) is 0. The summed E-state index contributed by atoms with van der Waals surface area (Å²) in [6.07, 6.45) is 0. The first kappa shape index (κ1) is 22.3. The van der Waals surface area contributed by atoms with Crippen LogP contribution in [0.5, 0.6) is 11.5 Å². The summed E-state index contributed by atoms with van der Waals surface area (Å²) in [6, 6.07) is 3.16. The topological polar surface area (TPSA) is 98.5 Å². The van der Waals surface area contributed by atoms with E-state index in [4.69, 9.17) is 27.5 Å². The monoisotopic (exact) mass is 627 g/mol. The molecule has 0 aliphatic heterocycles. The van der Waals surface area contributed by atoms with Crippen molar-refractivity contribution >= 4 is 14.5 Å². The quantitative estimate of drug-likeness (QED) is 0.121. The van der Waals surface area contributed by atoms with Crippen LogP contribution in [0.1, 0.15) is 5.56 Å². The average molecular weight is 627 g/mol. The molecular weight excluding hydrogens is 605 g/mol. The largest absolute Gasteiger partial charge is 0.663 e. The number of methoxy groups -OCH3 is 1. The second-order valence-corrected chi connectivity index (χ2v) is 7.72. The Morgan fingerprint density at radius 1 is 1.12 bits per heavy atom. The molecule has 9 nitrogen and oxygen atoms in total. The molecule has 0 radical (unpaired) electrons. The SMILES string of the molecule is [CH2-]Oc1cc([N+](=O)[O-])c(COCC[Si](OC)(OC)OC)cc1OC.[Rf]. The van der Waals surface area contributed by atoms with E-state index in [1.807, 2.05) is 0 Å². The van der Waals surface area contributed by atoms with Gasteiger partial charge in [0, 0.05) is 27.4 Å². The van der Waals surface area contributed by atoms with E-state index in [9.17, 15) is 10.1 Å². The first-order valence-electron chi connectivity index (χ1n) is 6.97. The molecule has 1 aromatic rings. The van der Waals surface area contributed by atoms with Gasteiger partial charge in [-0.1, -0.05) is 0 Å². The van der Waals surface area contributed by atoms with E-state index < -0.39 is 13.7 Å². The zero-order valence-electron chi connectivity index (χ0n) is 14.9. The molecule has 0 aliphatic rings. The molecular formula is C14H22NO8RfSi-. The number of nitro benzene ring substituents is 1. The Hall–Kier alpha value is -2.72. The Kier molecular flexibility index (Phi) is 9.09. The van der Waals surface area contributed by atoms with Crippen molar-refractivity contribution in [1.82, 2.24) is 0 Å². The van der Waals surface area contributed by atoms with Gasteiger partial charge in [-0.25, -0.2) is 0 Å². The molecule has 0 atom stereocenters. The summed E-state index contributed by atoms with van der Waals surface area (Å²) in [5.74, 6) is 0.515. The van der Waals surface area contributed by atoms with Crippen molar-refractivity contribution in [2.45, 2.75) is 12.7 Å². The van der Waals surface area contributed by atoms with E-state index in [1.165, 1.54) is 40.6 Å². The molecule has 0 spiro atoms. The van der Waals surface area contributed by atoms with Gasteiger partial charge in [-0.05, 0) is 6.07 Å². The zero-order chi connectivity index (χ0) is 18.2. The Morgan fingerprint density at radius 3 is 2.16 bits per heavy atom. The summed E-state index contributed by atoms with van der Waals surface area (Å²) in [6.45, 7) is 0.278. The normalized spacial score (nSPS) is 10.9. The van der Waals surface area contributed by atoms with Gasteiger partial charge in [0.1, 0.15) is 5.75 Å². The van der Waals surface area contributed by atoms with Crippen LogP contribution in [0.2, 0.25) is 6.04 Å². The summed E-state index contributed by atoms with van der Waals surface area (Å²) >= 11 is 0. The van der Waals surface area contributed by atoms with Crippen LogP contribution in [0.15, 0.2) is 12.1 Å². The smallest absolute Gasteiger partial charge is 0.502 e. The number of nitro groups is 1. The number of hydrogen-bond acceptors (Lipinski definition) is 8. The molecule has 25 heavy (non-hydrogen) atoms. The maximum absolute atomic E-state index is 11.2. The van der Waals surface area contributed by atoms with Crippen LogP contribution in [-0.2, 0) is 24.6 Å². The molecule has 0 fully saturated rings. The Bertz CT molecular complexity index is 548. The van der Waals surface area contributed by atoms with Gasteiger partial charge in [0.05, 0.1) is 36.9 Å². The van der Waals surface area contributed by atoms with Crippen molar-refractivity contribution in [3.05, 3.63) is 34.9 Å². The molecule has 0 saturated carbocycles. The van der Waals surface area contributed by atoms with Gasteiger partial charge in [-0.15, -0.1) is 0 Å². The van der Waals surface area contributed by atoms with E-state index in [0.29, 0.717) is 17.4 Å². The number of benzene rings is 1. The molecule has 0 unspecified atom stereocenters. The predicted octanol–water partition coefficient (Wildman–Crippen LogP) is 2.17. The van der Waals surface area contributed by atoms with Gasteiger partial charge < -0.3 is 27.5 Å².